The number of nitrogens with one attached hydrogen (secondary N) is 1. The number of sulfonamides is 1. The summed E-state index contributed by atoms with van der Waals surface area (Å²) in [7, 11) is -3.38. The highest BCUT2D eigenvalue weighted by molar-refractivity contribution is 7.92. The number of ether oxygens (including phenoxy) is 1. The van der Waals surface area contributed by atoms with Gasteiger partial charge in [0.2, 0.25) is 15.8 Å². The Labute approximate surface area is 159 Å². The Morgan fingerprint density at radius 1 is 1.04 bits per heavy atom. The van der Waals surface area contributed by atoms with E-state index < -0.39 is 22.1 Å². The van der Waals surface area contributed by atoms with E-state index in [4.69, 9.17) is 4.74 Å². The highest BCUT2D eigenvalue weighted by atomic mass is 32.2. The molecule has 27 heavy (non-hydrogen) atoms. The number of carbonyl (C=O) groups excluding carboxylic acids is 2. The van der Waals surface area contributed by atoms with Gasteiger partial charge >= 0.3 is 5.97 Å². The van der Waals surface area contributed by atoms with Crippen molar-refractivity contribution in [1.29, 1.82) is 0 Å². The molecule has 0 bridgehead atoms. The molecule has 0 unspecified atom stereocenters. The minimum Gasteiger partial charge on any atom is -0.454 e. The molecule has 0 aliphatic carbocycles. The third-order valence-corrected chi connectivity index (χ3v) is 4.68. The van der Waals surface area contributed by atoms with Gasteiger partial charge in [0, 0.05) is 11.3 Å². The molecule has 0 saturated carbocycles. The molecule has 1 atom stereocenters. The number of anilines is 1. The van der Waals surface area contributed by atoms with Gasteiger partial charge in [-0.1, -0.05) is 18.2 Å². The van der Waals surface area contributed by atoms with Gasteiger partial charge in [0.25, 0.3) is 0 Å². The maximum atomic E-state index is 12.4. The van der Waals surface area contributed by atoms with E-state index in [1.807, 2.05) is 32.0 Å². The molecule has 0 amide bonds. The maximum absolute atomic E-state index is 12.4. The molecule has 0 aliphatic rings. The molecular formula is C20H23NO5S. The first kappa shape index (κ1) is 20.6. The minimum atomic E-state index is -3.38. The Kier molecular flexibility index (Phi) is 6.38. The number of ketones is 1. The molecule has 0 aliphatic heterocycles. The molecule has 0 radical (unpaired) electrons. The van der Waals surface area contributed by atoms with E-state index in [0.717, 1.165) is 22.9 Å². The smallest absolute Gasteiger partial charge is 0.310 e. The monoisotopic (exact) mass is 389 g/mol. The summed E-state index contributed by atoms with van der Waals surface area (Å²) < 4.78 is 30.0. The van der Waals surface area contributed by atoms with Gasteiger partial charge in [-0.05, 0) is 61.7 Å². The number of aryl methyl sites for hydroxylation is 2. The van der Waals surface area contributed by atoms with E-state index in [-0.39, 0.29) is 12.2 Å². The van der Waals surface area contributed by atoms with Gasteiger partial charge in [0.15, 0.2) is 6.10 Å². The van der Waals surface area contributed by atoms with E-state index in [1.54, 1.807) is 0 Å². The van der Waals surface area contributed by atoms with Gasteiger partial charge in [0.05, 0.1) is 12.7 Å². The minimum absolute atomic E-state index is 0.0932. The second-order valence-electron chi connectivity index (χ2n) is 6.54. The van der Waals surface area contributed by atoms with E-state index >= 15 is 0 Å². The third-order valence-electron chi connectivity index (χ3n) is 4.07. The molecule has 2 aromatic carbocycles. The van der Waals surface area contributed by atoms with Crippen molar-refractivity contribution in [3.8, 4) is 0 Å². The van der Waals surface area contributed by atoms with Crippen molar-refractivity contribution in [1.82, 2.24) is 0 Å². The number of esters is 1. The maximum Gasteiger partial charge on any atom is 0.310 e. The summed E-state index contributed by atoms with van der Waals surface area (Å²) in [6, 6.07) is 11.7. The van der Waals surface area contributed by atoms with Crippen molar-refractivity contribution in [3.63, 3.8) is 0 Å². The fourth-order valence-electron chi connectivity index (χ4n) is 2.52. The van der Waals surface area contributed by atoms with Crippen LogP contribution in [0.4, 0.5) is 5.69 Å². The van der Waals surface area contributed by atoms with Crippen LogP contribution in [0.25, 0.3) is 0 Å². The molecule has 0 spiro atoms. The van der Waals surface area contributed by atoms with Crippen LogP contribution < -0.4 is 4.72 Å². The van der Waals surface area contributed by atoms with Crippen LogP contribution in [0.2, 0.25) is 0 Å². The predicted octanol–water partition coefficient (Wildman–Crippen LogP) is 3.03. The Morgan fingerprint density at radius 3 is 2.22 bits per heavy atom. The fraction of sp³-hybridized carbons (Fsp3) is 0.300. The van der Waals surface area contributed by atoms with Crippen molar-refractivity contribution >= 4 is 27.5 Å². The van der Waals surface area contributed by atoms with E-state index in [0.29, 0.717) is 11.3 Å². The van der Waals surface area contributed by atoms with Crippen LogP contribution in [0.5, 0.6) is 0 Å². The molecule has 1 N–H and O–H groups in total. The first-order chi connectivity index (χ1) is 12.5. The van der Waals surface area contributed by atoms with Gasteiger partial charge in [-0.15, -0.1) is 0 Å². The third kappa shape index (κ3) is 6.21. The number of benzene rings is 2. The number of carbonyl (C=O) groups is 2. The van der Waals surface area contributed by atoms with Crippen LogP contribution in [0.1, 0.15) is 34.0 Å². The average molecular weight is 389 g/mol. The zero-order chi connectivity index (χ0) is 20.2. The topological polar surface area (TPSA) is 89.5 Å². The summed E-state index contributed by atoms with van der Waals surface area (Å²) in [5.41, 5.74) is 3.75. The Bertz CT molecular complexity index is 949. The standard InChI is InChI=1S/C20H23NO5S/c1-13-5-6-16(11-14(13)2)12-19(22)26-15(3)20(23)17-7-9-18(10-8-17)21-27(4,24)25/h5-11,15,21H,12H2,1-4H3/t15-/m0/s1. The molecule has 0 aromatic heterocycles. The van der Waals surface area contributed by atoms with E-state index in [2.05, 4.69) is 4.72 Å². The molecule has 0 saturated heterocycles. The number of hydrogen-bond acceptors (Lipinski definition) is 5. The predicted molar refractivity (Wildman–Crippen MR) is 104 cm³/mol. The lowest BCUT2D eigenvalue weighted by Gasteiger charge is -2.13. The van der Waals surface area contributed by atoms with Gasteiger partial charge < -0.3 is 4.74 Å². The lowest BCUT2D eigenvalue weighted by molar-refractivity contribution is -0.145. The molecular weight excluding hydrogens is 366 g/mol. The second-order valence-corrected chi connectivity index (χ2v) is 8.29. The summed E-state index contributed by atoms with van der Waals surface area (Å²) in [6.07, 6.45) is 0.205. The summed E-state index contributed by atoms with van der Waals surface area (Å²) in [5.74, 6) is -0.830. The largest absolute Gasteiger partial charge is 0.454 e. The lowest BCUT2D eigenvalue weighted by Crippen LogP contribution is -2.25. The van der Waals surface area contributed by atoms with Crippen LogP contribution in [-0.2, 0) is 26.0 Å². The van der Waals surface area contributed by atoms with Crippen LogP contribution in [-0.4, -0.2) is 32.5 Å². The van der Waals surface area contributed by atoms with Crippen LogP contribution in [0, 0.1) is 13.8 Å². The van der Waals surface area contributed by atoms with Gasteiger partial charge in [-0.25, -0.2) is 8.42 Å². The molecule has 6 nitrogen and oxygen atoms in total. The van der Waals surface area contributed by atoms with Crippen LogP contribution in [0.3, 0.4) is 0 Å². The normalized spacial score (nSPS) is 12.3. The number of Topliss-reactive ketones (excluding diaryl/α,β-unsaturated/α-hetero) is 1. The highest BCUT2D eigenvalue weighted by Gasteiger charge is 2.20. The van der Waals surface area contributed by atoms with Gasteiger partial charge in [0.1, 0.15) is 0 Å². The van der Waals surface area contributed by atoms with Crippen molar-refractivity contribution in [2.45, 2.75) is 33.3 Å². The average Bonchev–Trinajstić information content (AvgIpc) is 2.56. The van der Waals surface area contributed by atoms with E-state index in [1.165, 1.54) is 31.2 Å². The van der Waals surface area contributed by atoms with Crippen LogP contribution in [0.15, 0.2) is 42.5 Å². The van der Waals surface area contributed by atoms with Crippen molar-refractivity contribution < 1.29 is 22.7 Å². The summed E-state index contributed by atoms with van der Waals surface area (Å²) in [6.45, 7) is 5.48. The molecule has 2 aromatic rings. The highest BCUT2D eigenvalue weighted by Crippen LogP contribution is 2.15. The molecule has 7 heteroatoms. The molecule has 0 heterocycles. The van der Waals surface area contributed by atoms with E-state index in [9.17, 15) is 18.0 Å². The summed E-state index contributed by atoms with van der Waals surface area (Å²) >= 11 is 0. The quantitative estimate of drug-likeness (QED) is 0.581. The SMILES string of the molecule is Cc1ccc(CC(=O)O[C@@H](C)C(=O)c2ccc(NS(C)(=O)=O)cc2)cc1C. The lowest BCUT2D eigenvalue weighted by atomic mass is 10.0. The molecule has 2 rings (SSSR count). The fourth-order valence-corrected chi connectivity index (χ4v) is 3.09. The number of rotatable bonds is 7. The number of hydrogen-bond donors (Lipinski definition) is 1. The van der Waals surface area contributed by atoms with Crippen molar-refractivity contribution in [2.75, 3.05) is 11.0 Å². The Morgan fingerprint density at radius 2 is 1.67 bits per heavy atom. The molecule has 144 valence electrons. The van der Waals surface area contributed by atoms with Crippen molar-refractivity contribution in [2.24, 2.45) is 0 Å². The summed E-state index contributed by atoms with van der Waals surface area (Å²) in [5, 5.41) is 0. The first-order valence-electron chi connectivity index (χ1n) is 8.43. The zero-order valence-corrected chi connectivity index (χ0v) is 16.6. The second kappa shape index (κ2) is 8.35. The first-order valence-corrected chi connectivity index (χ1v) is 10.3. The van der Waals surface area contributed by atoms with Crippen molar-refractivity contribution in [3.05, 3.63) is 64.7 Å². The summed E-state index contributed by atoms with van der Waals surface area (Å²) in [4.78, 5) is 24.5. The zero-order valence-electron chi connectivity index (χ0n) is 15.8. The molecule has 0 fully saturated rings. The van der Waals surface area contributed by atoms with Gasteiger partial charge in [-0.3, -0.25) is 14.3 Å². The Balaban J connectivity index is 1.98. The van der Waals surface area contributed by atoms with Crippen LogP contribution >= 0.6 is 0 Å². The van der Waals surface area contributed by atoms with Gasteiger partial charge in [-0.2, -0.15) is 0 Å². The Hall–Kier alpha value is -2.67.